The van der Waals surface area contributed by atoms with Crippen molar-refractivity contribution in [2.75, 3.05) is 7.05 Å². The van der Waals surface area contributed by atoms with Crippen LogP contribution in [0.2, 0.25) is 0 Å². The van der Waals surface area contributed by atoms with Crippen molar-refractivity contribution in [1.82, 2.24) is 10.3 Å². The molecule has 0 radical (unpaired) electrons. The summed E-state index contributed by atoms with van der Waals surface area (Å²) >= 11 is 7.01. The molecule has 0 saturated heterocycles. The number of hydrogen-bond donors (Lipinski definition) is 1. The molecule has 1 aliphatic rings. The van der Waals surface area contributed by atoms with Gasteiger partial charge >= 0.3 is 0 Å². The van der Waals surface area contributed by atoms with E-state index in [1.54, 1.807) is 0 Å². The Bertz CT molecular complexity index is 364. The molecule has 1 N–H and O–H groups in total. The van der Waals surface area contributed by atoms with E-state index in [2.05, 4.69) is 48.2 Å². The highest BCUT2D eigenvalue weighted by molar-refractivity contribution is 9.11. The summed E-state index contributed by atoms with van der Waals surface area (Å²) in [5.74, 6) is 0.977. The van der Waals surface area contributed by atoms with Crippen LogP contribution in [0.5, 0.6) is 0 Å². The molecule has 1 fully saturated rings. The quantitative estimate of drug-likeness (QED) is 0.868. The summed E-state index contributed by atoms with van der Waals surface area (Å²) in [6, 6.07) is 2.42. The predicted molar refractivity (Wildman–Crippen MR) is 73.4 cm³/mol. The van der Waals surface area contributed by atoms with E-state index in [-0.39, 0.29) is 0 Å². The smallest absolute Gasteiger partial charge is 0.0715 e. The van der Waals surface area contributed by atoms with E-state index in [1.165, 1.54) is 25.7 Å². The van der Waals surface area contributed by atoms with E-state index in [9.17, 15) is 0 Å². The first-order valence-corrected chi connectivity index (χ1v) is 7.27. The Balaban J connectivity index is 2.05. The summed E-state index contributed by atoms with van der Waals surface area (Å²) in [4.78, 5) is 4.49. The Hall–Kier alpha value is 0.0700. The second kappa shape index (κ2) is 5.61. The molecular formula is C12H16Br2N2. The molecule has 4 heteroatoms. The first-order valence-electron chi connectivity index (χ1n) is 5.69. The third kappa shape index (κ3) is 3.28. The number of nitrogens with one attached hydrogen (secondary N) is 1. The highest BCUT2D eigenvalue weighted by atomic mass is 79.9. The van der Waals surface area contributed by atoms with Crippen molar-refractivity contribution in [2.24, 2.45) is 5.92 Å². The fraction of sp³-hybridized carbons (Fsp3) is 0.583. The molecule has 88 valence electrons. The number of rotatable bonds is 5. The highest BCUT2D eigenvalue weighted by Gasteiger charge is 2.23. The normalized spacial score (nSPS) is 17.4. The van der Waals surface area contributed by atoms with Crippen LogP contribution in [0.4, 0.5) is 0 Å². The topological polar surface area (TPSA) is 24.9 Å². The average Bonchev–Trinajstić information content (AvgIpc) is 3.05. The van der Waals surface area contributed by atoms with E-state index in [0.29, 0.717) is 6.04 Å². The molecule has 2 rings (SSSR count). The Morgan fingerprint density at radius 2 is 2.25 bits per heavy atom. The predicted octanol–water partition coefficient (Wildman–Crippen LogP) is 4.06. The lowest BCUT2D eigenvalue weighted by Gasteiger charge is -2.17. The molecule has 1 heterocycles. The fourth-order valence-electron chi connectivity index (χ4n) is 1.91. The van der Waals surface area contributed by atoms with Crippen LogP contribution in [-0.4, -0.2) is 12.0 Å². The third-order valence-corrected chi connectivity index (χ3v) is 4.14. The van der Waals surface area contributed by atoms with Gasteiger partial charge in [-0.15, -0.1) is 0 Å². The largest absolute Gasteiger partial charge is 0.312 e. The minimum Gasteiger partial charge on any atom is -0.312 e. The Kier molecular flexibility index (Phi) is 4.39. The van der Waals surface area contributed by atoms with Crippen LogP contribution in [0.25, 0.3) is 0 Å². The van der Waals surface area contributed by atoms with Crippen molar-refractivity contribution < 1.29 is 0 Å². The standard InChI is InChI=1S/C12H16Br2N2/c1-15-11(5-4-8-2-3-8)12-10(14)6-9(13)7-16-12/h6-8,11,15H,2-5H2,1H3. The Labute approximate surface area is 113 Å². The van der Waals surface area contributed by atoms with Gasteiger partial charge in [0, 0.05) is 15.1 Å². The average molecular weight is 348 g/mol. The summed E-state index contributed by atoms with van der Waals surface area (Å²) < 4.78 is 2.09. The molecule has 0 spiro atoms. The molecule has 1 atom stereocenters. The molecule has 0 aliphatic heterocycles. The van der Waals surface area contributed by atoms with Gasteiger partial charge in [0.15, 0.2) is 0 Å². The van der Waals surface area contributed by atoms with Crippen molar-refractivity contribution in [2.45, 2.75) is 31.7 Å². The summed E-state index contributed by atoms with van der Waals surface area (Å²) in [5, 5.41) is 3.35. The van der Waals surface area contributed by atoms with E-state index in [0.717, 1.165) is 20.6 Å². The molecule has 1 aromatic rings. The Morgan fingerprint density at radius 1 is 1.50 bits per heavy atom. The minimum absolute atomic E-state index is 0.364. The first-order chi connectivity index (χ1) is 7.70. The van der Waals surface area contributed by atoms with Gasteiger partial charge in [-0.2, -0.15) is 0 Å². The van der Waals surface area contributed by atoms with Crippen LogP contribution in [-0.2, 0) is 0 Å². The van der Waals surface area contributed by atoms with Gasteiger partial charge in [0.05, 0.1) is 11.7 Å². The number of halogens is 2. The third-order valence-electron chi connectivity index (χ3n) is 3.08. The van der Waals surface area contributed by atoms with Crippen LogP contribution in [0.3, 0.4) is 0 Å². The van der Waals surface area contributed by atoms with Crippen molar-refractivity contribution >= 4 is 31.9 Å². The second-order valence-corrected chi connectivity index (χ2v) is 6.15. The monoisotopic (exact) mass is 346 g/mol. The van der Waals surface area contributed by atoms with Crippen LogP contribution in [0.15, 0.2) is 21.2 Å². The van der Waals surface area contributed by atoms with Crippen molar-refractivity contribution in [1.29, 1.82) is 0 Å². The second-order valence-electron chi connectivity index (χ2n) is 4.38. The molecule has 1 unspecified atom stereocenters. The molecule has 0 aromatic carbocycles. The first kappa shape index (κ1) is 12.5. The number of pyridine rings is 1. The van der Waals surface area contributed by atoms with Crippen LogP contribution in [0, 0.1) is 5.92 Å². The van der Waals surface area contributed by atoms with Gasteiger partial charge in [0.2, 0.25) is 0 Å². The minimum atomic E-state index is 0.364. The molecule has 2 nitrogen and oxygen atoms in total. The zero-order chi connectivity index (χ0) is 11.5. The lowest BCUT2D eigenvalue weighted by Crippen LogP contribution is -2.18. The van der Waals surface area contributed by atoms with Gasteiger partial charge < -0.3 is 5.32 Å². The molecule has 1 saturated carbocycles. The summed E-state index contributed by atoms with van der Waals surface area (Å²) in [6.07, 6.45) is 7.20. The van der Waals surface area contributed by atoms with Crippen molar-refractivity contribution in [3.8, 4) is 0 Å². The zero-order valence-corrected chi connectivity index (χ0v) is 12.5. The maximum absolute atomic E-state index is 4.49. The van der Waals surface area contributed by atoms with E-state index >= 15 is 0 Å². The van der Waals surface area contributed by atoms with Crippen LogP contribution >= 0.6 is 31.9 Å². The molecule has 1 aliphatic carbocycles. The highest BCUT2D eigenvalue weighted by Crippen LogP contribution is 2.36. The molecular weight excluding hydrogens is 332 g/mol. The molecule has 16 heavy (non-hydrogen) atoms. The van der Waals surface area contributed by atoms with E-state index < -0.39 is 0 Å². The molecule has 1 aromatic heterocycles. The summed E-state index contributed by atoms with van der Waals surface area (Å²) in [5.41, 5.74) is 1.12. The van der Waals surface area contributed by atoms with Crippen LogP contribution < -0.4 is 5.32 Å². The van der Waals surface area contributed by atoms with Gasteiger partial charge in [0.1, 0.15) is 0 Å². The summed E-state index contributed by atoms with van der Waals surface area (Å²) in [7, 11) is 2.01. The number of aromatic nitrogens is 1. The van der Waals surface area contributed by atoms with Gasteiger partial charge in [0.25, 0.3) is 0 Å². The Morgan fingerprint density at radius 3 is 2.81 bits per heavy atom. The zero-order valence-electron chi connectivity index (χ0n) is 9.34. The maximum atomic E-state index is 4.49. The van der Waals surface area contributed by atoms with E-state index in [4.69, 9.17) is 0 Å². The number of nitrogens with zero attached hydrogens (tertiary/aromatic N) is 1. The molecule has 0 bridgehead atoms. The van der Waals surface area contributed by atoms with Crippen molar-refractivity contribution in [3.05, 3.63) is 26.9 Å². The lowest BCUT2D eigenvalue weighted by atomic mass is 10.1. The fourth-order valence-corrected chi connectivity index (χ4v) is 3.17. The van der Waals surface area contributed by atoms with Gasteiger partial charge in [-0.05, 0) is 63.7 Å². The summed E-state index contributed by atoms with van der Waals surface area (Å²) in [6.45, 7) is 0. The number of hydrogen-bond acceptors (Lipinski definition) is 2. The maximum Gasteiger partial charge on any atom is 0.0715 e. The van der Waals surface area contributed by atoms with Crippen LogP contribution in [0.1, 0.15) is 37.4 Å². The van der Waals surface area contributed by atoms with Crippen molar-refractivity contribution in [3.63, 3.8) is 0 Å². The lowest BCUT2D eigenvalue weighted by molar-refractivity contribution is 0.494. The van der Waals surface area contributed by atoms with Gasteiger partial charge in [-0.3, -0.25) is 4.98 Å². The van der Waals surface area contributed by atoms with Gasteiger partial charge in [-0.25, -0.2) is 0 Å². The molecule has 0 amide bonds. The van der Waals surface area contributed by atoms with E-state index in [1.807, 2.05) is 13.2 Å². The SMILES string of the molecule is CNC(CCC1CC1)c1ncc(Br)cc1Br. The van der Waals surface area contributed by atoms with Gasteiger partial charge in [-0.1, -0.05) is 12.8 Å².